The van der Waals surface area contributed by atoms with E-state index in [-0.39, 0.29) is 55.0 Å². The zero-order valence-corrected chi connectivity index (χ0v) is 8.09. The third-order valence-corrected chi connectivity index (χ3v) is 0. The van der Waals surface area contributed by atoms with E-state index in [0.29, 0.717) is 0 Å². The maximum absolute atomic E-state index is 9.00. The molecule has 0 aliphatic rings. The second kappa shape index (κ2) is 9.50. The van der Waals surface area contributed by atoms with E-state index in [1.165, 1.54) is 0 Å². The molecule has 0 rings (SSSR count). The molecule has 4 heteroatoms. The van der Waals surface area contributed by atoms with Gasteiger partial charge in [-0.1, -0.05) is 0 Å². The Kier molecular flexibility index (Phi) is 24.9. The van der Waals surface area contributed by atoms with Crippen LogP contribution in [0.1, 0.15) is 8.35 Å². The zero-order valence-electron chi connectivity index (χ0n) is 4.76. The number of hydrogen-bond donors (Lipinski definition) is 1. The number of hydrogen-bond acceptors (Lipinski definition) is 1. The Balaban J connectivity index is -0.0000000150. The zero-order chi connectivity index (χ0) is 3.58. The summed E-state index contributed by atoms with van der Waals surface area (Å²) in [7, 11) is 0. The summed E-state index contributed by atoms with van der Waals surface area (Å²) in [6.07, 6.45) is 0. The summed E-state index contributed by atoms with van der Waals surface area (Å²) in [5, 5.41) is 7.42. The molecule has 1 N–H and O–H groups in total. The molecule has 0 atom stereocenters. The molecule has 0 bridgehead atoms. The van der Waals surface area contributed by atoms with Gasteiger partial charge in [-0.2, -0.15) is 0 Å². The molecule has 0 fully saturated rings. The molecule has 0 aromatic carbocycles. The van der Waals surface area contributed by atoms with Gasteiger partial charge >= 0.3 is 29.6 Å². The van der Waals surface area contributed by atoms with Crippen LogP contribution < -0.4 is 29.6 Å². The van der Waals surface area contributed by atoms with Gasteiger partial charge < -0.3 is 6.53 Å². The van der Waals surface area contributed by atoms with Crippen molar-refractivity contribution in [1.82, 2.24) is 0 Å². The van der Waals surface area contributed by atoms with E-state index in [1.54, 1.807) is 0 Å². The van der Waals surface area contributed by atoms with Crippen molar-refractivity contribution in [2.45, 2.75) is 6.92 Å². The van der Waals surface area contributed by atoms with E-state index in [2.05, 4.69) is 0 Å². The fraction of sp³-hybridized carbons (Fsp3) is 0.500. The predicted molar refractivity (Wildman–Crippen MR) is 29.8 cm³/mol. The first-order chi connectivity index (χ1) is 1.73. The van der Waals surface area contributed by atoms with Gasteiger partial charge in [0.15, 0.2) is 0 Å². The van der Waals surface area contributed by atoms with Crippen molar-refractivity contribution in [3.63, 3.8) is 0 Å². The third-order valence-electron chi connectivity index (χ3n) is 0. The Morgan fingerprint density at radius 1 is 1.83 bits per heavy atom. The Morgan fingerprint density at radius 3 is 1.83 bits per heavy atom. The number of aliphatic carboxylic acids is 1. The molecule has 0 unspecified atom stereocenters. The summed E-state index contributed by atoms with van der Waals surface area (Å²) < 4.78 is 0. The van der Waals surface area contributed by atoms with Crippen LogP contribution in [0, 0.1) is 0 Å². The summed E-state index contributed by atoms with van der Waals surface area (Å²) in [4.78, 5) is 9.00. The maximum Gasteiger partial charge on any atom is 1.00 e. The van der Waals surface area contributed by atoms with Crippen LogP contribution in [0.15, 0.2) is 0 Å². The number of carboxylic acid groups (broad SMARTS) is 1. The maximum atomic E-state index is 9.00. The Hall–Kier alpha value is 1.20. The molecular weight excluding hydrogens is 206 g/mol. The largest absolute Gasteiger partial charge is 1.00 e. The SMILES string of the molecule is CC(=O)O.I.[H-].[Na+]. The van der Waals surface area contributed by atoms with E-state index in [4.69, 9.17) is 9.90 Å². The minimum absolute atomic E-state index is 0. The van der Waals surface area contributed by atoms with E-state index in [9.17, 15) is 0 Å². The molecule has 34 valence electrons. The van der Waals surface area contributed by atoms with Crippen molar-refractivity contribution in [2.75, 3.05) is 0 Å². The molecule has 0 saturated carbocycles. The fourth-order valence-electron chi connectivity index (χ4n) is 0. The van der Waals surface area contributed by atoms with Crippen molar-refractivity contribution in [3.05, 3.63) is 0 Å². The number of carboxylic acids is 1. The van der Waals surface area contributed by atoms with Crippen molar-refractivity contribution >= 4 is 29.9 Å². The van der Waals surface area contributed by atoms with Crippen LogP contribution >= 0.6 is 24.0 Å². The number of halogens is 1. The average Bonchev–Trinajstić information content (AvgIpc) is 0.811. The number of carbonyl (C=O) groups is 1. The Morgan fingerprint density at radius 2 is 1.83 bits per heavy atom. The molecule has 0 aromatic rings. The van der Waals surface area contributed by atoms with E-state index in [1.807, 2.05) is 0 Å². The van der Waals surface area contributed by atoms with Crippen LogP contribution in [0.2, 0.25) is 0 Å². The van der Waals surface area contributed by atoms with E-state index < -0.39 is 5.97 Å². The Bertz CT molecular complexity index is 38.7. The van der Waals surface area contributed by atoms with Gasteiger partial charge in [-0.15, -0.1) is 24.0 Å². The number of rotatable bonds is 0. The third kappa shape index (κ3) is 63.7. The monoisotopic (exact) mass is 212 g/mol. The van der Waals surface area contributed by atoms with Crippen LogP contribution in [0.5, 0.6) is 0 Å². The van der Waals surface area contributed by atoms with Gasteiger partial charge in [-0.25, -0.2) is 0 Å². The van der Waals surface area contributed by atoms with Gasteiger partial charge in [0.1, 0.15) is 0 Å². The van der Waals surface area contributed by atoms with E-state index >= 15 is 0 Å². The topological polar surface area (TPSA) is 37.3 Å². The second-order valence-corrected chi connectivity index (χ2v) is 0.519. The van der Waals surface area contributed by atoms with Crippen LogP contribution in [-0.4, -0.2) is 11.1 Å². The van der Waals surface area contributed by atoms with Crippen molar-refractivity contribution in [1.29, 1.82) is 0 Å². The molecule has 0 aromatic heterocycles. The standard InChI is InChI=1S/C2H4O2.HI.Na.H/c1-2(3)4;;;/h1H3,(H,3,4);1H;;/q;;+1;-1. The van der Waals surface area contributed by atoms with E-state index in [0.717, 1.165) is 6.92 Å². The summed E-state index contributed by atoms with van der Waals surface area (Å²) in [5.74, 6) is -0.833. The smallest absolute Gasteiger partial charge is 1.00 e. The van der Waals surface area contributed by atoms with Crippen LogP contribution in [0.3, 0.4) is 0 Å². The molecule has 0 aliphatic carbocycles. The van der Waals surface area contributed by atoms with Crippen LogP contribution in [0.4, 0.5) is 0 Å². The van der Waals surface area contributed by atoms with Gasteiger partial charge in [0.25, 0.3) is 5.97 Å². The molecule has 0 heterocycles. The van der Waals surface area contributed by atoms with Gasteiger partial charge in [-0.3, -0.25) is 4.79 Å². The first kappa shape index (κ1) is 15.7. The van der Waals surface area contributed by atoms with Crippen molar-refractivity contribution in [3.8, 4) is 0 Å². The first-order valence-electron chi connectivity index (χ1n) is 0.928. The molecule has 6 heavy (non-hydrogen) atoms. The summed E-state index contributed by atoms with van der Waals surface area (Å²) in [6, 6.07) is 0. The summed E-state index contributed by atoms with van der Waals surface area (Å²) >= 11 is 0. The van der Waals surface area contributed by atoms with Crippen LogP contribution in [-0.2, 0) is 4.79 Å². The minimum atomic E-state index is -0.833. The molecule has 0 amide bonds. The molecule has 0 saturated heterocycles. The molecule has 0 spiro atoms. The molecule has 2 nitrogen and oxygen atoms in total. The normalized spacial score (nSPS) is 4.17. The Labute approximate surface area is 77.1 Å². The van der Waals surface area contributed by atoms with Crippen molar-refractivity contribution in [2.24, 2.45) is 0 Å². The predicted octanol–water partition coefficient (Wildman–Crippen LogP) is -2.17. The van der Waals surface area contributed by atoms with Gasteiger partial charge in [0, 0.05) is 6.92 Å². The minimum Gasteiger partial charge on any atom is -1.00 e. The molecule has 0 radical (unpaired) electrons. The average molecular weight is 212 g/mol. The van der Waals surface area contributed by atoms with Gasteiger partial charge in [-0.05, 0) is 0 Å². The fourth-order valence-corrected chi connectivity index (χ4v) is 0. The quantitative estimate of drug-likeness (QED) is 0.366. The van der Waals surface area contributed by atoms with Crippen LogP contribution in [0.25, 0.3) is 0 Å². The molecule has 0 aliphatic heterocycles. The molecular formula is C2H6INaO2. The summed E-state index contributed by atoms with van der Waals surface area (Å²) in [6.45, 7) is 1.08. The van der Waals surface area contributed by atoms with Crippen molar-refractivity contribution < 1.29 is 40.9 Å². The van der Waals surface area contributed by atoms with Gasteiger partial charge in [0.05, 0.1) is 0 Å². The first-order valence-corrected chi connectivity index (χ1v) is 0.928. The second-order valence-electron chi connectivity index (χ2n) is 0.519. The summed E-state index contributed by atoms with van der Waals surface area (Å²) in [5.41, 5.74) is 0. The van der Waals surface area contributed by atoms with Gasteiger partial charge in [0.2, 0.25) is 0 Å².